The lowest BCUT2D eigenvalue weighted by atomic mass is 9.99. The lowest BCUT2D eigenvalue weighted by molar-refractivity contribution is -0.141. The molecule has 4 nitrogen and oxygen atoms in total. The molecule has 3 aromatic rings. The van der Waals surface area contributed by atoms with Gasteiger partial charge in [0.2, 0.25) is 11.8 Å². The van der Waals surface area contributed by atoms with Crippen LogP contribution in [-0.4, -0.2) is 28.3 Å². The van der Waals surface area contributed by atoms with Crippen molar-refractivity contribution in [2.45, 2.75) is 65.1 Å². The van der Waals surface area contributed by atoms with Gasteiger partial charge in [-0.25, -0.2) is 0 Å². The number of nitrogens with zero attached hydrogens (tertiary/aromatic N) is 1. The number of rotatable bonds is 9. The minimum absolute atomic E-state index is 0.0191. The second-order valence-electron chi connectivity index (χ2n) is 9.94. The Bertz CT molecular complexity index is 1050. The molecule has 1 unspecified atom stereocenters. The van der Waals surface area contributed by atoms with Crippen LogP contribution in [0.4, 0.5) is 0 Å². The van der Waals surface area contributed by atoms with Crippen molar-refractivity contribution in [3.8, 4) is 0 Å². The van der Waals surface area contributed by atoms with Crippen molar-refractivity contribution in [3.63, 3.8) is 0 Å². The first kappa shape index (κ1) is 25.2. The van der Waals surface area contributed by atoms with Crippen LogP contribution in [0.2, 0.25) is 0 Å². The minimum atomic E-state index is -0.604. The van der Waals surface area contributed by atoms with Gasteiger partial charge < -0.3 is 10.2 Å². The van der Waals surface area contributed by atoms with Crippen LogP contribution >= 0.6 is 0 Å². The quantitative estimate of drug-likeness (QED) is 0.463. The first-order chi connectivity index (χ1) is 16.2. The highest BCUT2D eigenvalue weighted by Gasteiger charge is 2.32. The van der Waals surface area contributed by atoms with E-state index in [2.05, 4.69) is 36.5 Å². The van der Waals surface area contributed by atoms with Crippen LogP contribution in [-0.2, 0) is 29.0 Å². The molecule has 0 aromatic heterocycles. The van der Waals surface area contributed by atoms with Gasteiger partial charge in [-0.05, 0) is 50.8 Å². The molecule has 3 aromatic carbocycles. The smallest absolute Gasteiger partial charge is 0.243 e. The van der Waals surface area contributed by atoms with Gasteiger partial charge in [-0.2, -0.15) is 0 Å². The van der Waals surface area contributed by atoms with E-state index in [4.69, 9.17) is 0 Å². The van der Waals surface area contributed by atoms with E-state index in [1.165, 1.54) is 5.56 Å². The zero-order valence-corrected chi connectivity index (χ0v) is 20.8. The van der Waals surface area contributed by atoms with Gasteiger partial charge in [0.25, 0.3) is 0 Å². The summed E-state index contributed by atoms with van der Waals surface area (Å²) in [4.78, 5) is 28.9. The van der Waals surface area contributed by atoms with E-state index in [0.29, 0.717) is 25.8 Å². The van der Waals surface area contributed by atoms with E-state index in [-0.39, 0.29) is 11.8 Å². The lowest BCUT2D eigenvalue weighted by Crippen LogP contribution is -2.54. The van der Waals surface area contributed by atoms with Gasteiger partial charge in [0, 0.05) is 24.9 Å². The zero-order valence-electron chi connectivity index (χ0n) is 20.8. The summed E-state index contributed by atoms with van der Waals surface area (Å²) in [7, 11) is 0. The molecule has 0 saturated heterocycles. The van der Waals surface area contributed by atoms with Crippen molar-refractivity contribution in [2.24, 2.45) is 0 Å². The summed E-state index contributed by atoms with van der Waals surface area (Å²) in [6, 6.07) is 27.5. The molecule has 1 atom stereocenters. The first-order valence-electron chi connectivity index (χ1n) is 12.0. The topological polar surface area (TPSA) is 49.4 Å². The van der Waals surface area contributed by atoms with Gasteiger partial charge in [-0.1, -0.05) is 90.5 Å². The van der Waals surface area contributed by atoms with Crippen molar-refractivity contribution in [1.29, 1.82) is 0 Å². The van der Waals surface area contributed by atoms with E-state index < -0.39 is 11.6 Å². The highest BCUT2D eigenvalue weighted by molar-refractivity contribution is 5.88. The molecular formula is C30H36N2O2. The summed E-state index contributed by atoms with van der Waals surface area (Å²) >= 11 is 0. The third kappa shape index (κ3) is 7.87. The molecule has 178 valence electrons. The molecule has 2 amide bonds. The van der Waals surface area contributed by atoms with Gasteiger partial charge in [-0.15, -0.1) is 0 Å². The summed E-state index contributed by atoms with van der Waals surface area (Å²) in [6.45, 7) is 8.34. The van der Waals surface area contributed by atoms with Gasteiger partial charge >= 0.3 is 0 Å². The van der Waals surface area contributed by atoms with E-state index in [0.717, 1.165) is 16.7 Å². The van der Waals surface area contributed by atoms with Crippen LogP contribution in [0.5, 0.6) is 0 Å². The maximum atomic E-state index is 13.6. The van der Waals surface area contributed by atoms with Gasteiger partial charge in [0.05, 0.1) is 0 Å². The molecule has 0 aliphatic heterocycles. The van der Waals surface area contributed by atoms with Crippen molar-refractivity contribution in [3.05, 3.63) is 107 Å². The second-order valence-corrected chi connectivity index (χ2v) is 9.94. The fourth-order valence-corrected chi connectivity index (χ4v) is 3.94. The molecule has 4 heteroatoms. The monoisotopic (exact) mass is 456 g/mol. The molecular weight excluding hydrogens is 420 g/mol. The Kier molecular flexibility index (Phi) is 8.64. The SMILES string of the molecule is Cc1ccc(CCC(=O)N(Cc2ccccc2)C(Cc2ccccc2)C(=O)NC(C)(C)C)cc1. The van der Waals surface area contributed by atoms with E-state index in [9.17, 15) is 9.59 Å². The van der Waals surface area contributed by atoms with Crippen LogP contribution in [0, 0.1) is 6.92 Å². The molecule has 0 radical (unpaired) electrons. The average molecular weight is 457 g/mol. The van der Waals surface area contributed by atoms with Crippen LogP contribution in [0.3, 0.4) is 0 Å². The Balaban J connectivity index is 1.89. The van der Waals surface area contributed by atoms with E-state index in [1.54, 1.807) is 4.90 Å². The molecule has 0 spiro atoms. The highest BCUT2D eigenvalue weighted by Crippen LogP contribution is 2.18. The van der Waals surface area contributed by atoms with Crippen LogP contribution < -0.4 is 5.32 Å². The zero-order chi connectivity index (χ0) is 24.6. The summed E-state index contributed by atoms with van der Waals surface area (Å²) in [6.07, 6.45) is 1.46. The average Bonchev–Trinajstić information content (AvgIpc) is 2.81. The number of nitrogens with one attached hydrogen (secondary N) is 1. The van der Waals surface area contributed by atoms with Crippen molar-refractivity contribution in [2.75, 3.05) is 0 Å². The maximum absolute atomic E-state index is 13.6. The number of hydrogen-bond donors (Lipinski definition) is 1. The Morgan fingerprint density at radius 2 is 1.35 bits per heavy atom. The molecule has 34 heavy (non-hydrogen) atoms. The summed E-state index contributed by atoms with van der Waals surface area (Å²) in [5.74, 6) is -0.148. The Morgan fingerprint density at radius 3 is 1.91 bits per heavy atom. The molecule has 0 saturated carbocycles. The molecule has 1 N–H and O–H groups in total. The third-order valence-corrected chi connectivity index (χ3v) is 5.71. The van der Waals surface area contributed by atoms with E-state index in [1.807, 2.05) is 81.4 Å². The number of benzene rings is 3. The summed E-state index contributed by atoms with van der Waals surface area (Å²) in [5, 5.41) is 3.11. The van der Waals surface area contributed by atoms with Gasteiger partial charge in [-0.3, -0.25) is 9.59 Å². The predicted molar refractivity (Wildman–Crippen MR) is 138 cm³/mol. The highest BCUT2D eigenvalue weighted by atomic mass is 16.2. The standard InChI is InChI=1S/C30H36N2O2/c1-23-15-17-24(18-16-23)19-20-28(33)32(22-26-13-9-6-10-14-26)27(29(34)31-30(2,3)4)21-25-11-7-5-8-12-25/h5-18,27H,19-22H2,1-4H3,(H,31,34). The second kappa shape index (κ2) is 11.6. The van der Waals surface area contributed by atoms with Gasteiger partial charge in [0.15, 0.2) is 0 Å². The Hall–Kier alpha value is -3.40. The van der Waals surface area contributed by atoms with Crippen LogP contribution in [0.25, 0.3) is 0 Å². The first-order valence-corrected chi connectivity index (χ1v) is 12.0. The minimum Gasteiger partial charge on any atom is -0.350 e. The van der Waals surface area contributed by atoms with Crippen molar-refractivity contribution >= 4 is 11.8 Å². The maximum Gasteiger partial charge on any atom is 0.243 e. The molecule has 0 aliphatic rings. The fraction of sp³-hybridized carbons (Fsp3) is 0.333. The predicted octanol–water partition coefficient (Wildman–Crippen LogP) is 5.48. The number of carbonyl (C=O) groups is 2. The summed E-state index contributed by atoms with van der Waals surface area (Å²) in [5.41, 5.74) is 3.96. The Morgan fingerprint density at radius 1 is 0.794 bits per heavy atom. The van der Waals surface area contributed by atoms with Crippen molar-refractivity contribution in [1.82, 2.24) is 10.2 Å². The van der Waals surface area contributed by atoms with Crippen LogP contribution in [0.15, 0.2) is 84.9 Å². The number of amides is 2. The van der Waals surface area contributed by atoms with Gasteiger partial charge in [0.1, 0.15) is 6.04 Å². The normalized spacial score (nSPS) is 12.1. The van der Waals surface area contributed by atoms with E-state index >= 15 is 0 Å². The molecule has 0 heterocycles. The number of carbonyl (C=O) groups excluding carboxylic acids is 2. The fourth-order valence-electron chi connectivity index (χ4n) is 3.94. The Labute approximate surface area is 204 Å². The van der Waals surface area contributed by atoms with Crippen molar-refractivity contribution < 1.29 is 9.59 Å². The molecule has 3 rings (SSSR count). The lowest BCUT2D eigenvalue weighted by Gasteiger charge is -2.34. The molecule has 0 bridgehead atoms. The number of aryl methyl sites for hydroxylation is 2. The largest absolute Gasteiger partial charge is 0.350 e. The van der Waals surface area contributed by atoms with Crippen LogP contribution in [0.1, 0.15) is 49.4 Å². The number of hydrogen-bond acceptors (Lipinski definition) is 2. The summed E-state index contributed by atoms with van der Waals surface area (Å²) < 4.78 is 0. The molecule has 0 aliphatic carbocycles. The third-order valence-electron chi connectivity index (χ3n) is 5.71. The molecule has 0 fully saturated rings.